The van der Waals surface area contributed by atoms with Crippen LogP contribution in [0.25, 0.3) is 4.96 Å². The lowest BCUT2D eigenvalue weighted by atomic mass is 10.4. The predicted octanol–water partition coefficient (Wildman–Crippen LogP) is 0.532. The van der Waals surface area contributed by atoms with E-state index in [0.29, 0.717) is 6.42 Å². The molecule has 0 unspecified atom stereocenters. The zero-order valence-corrected chi connectivity index (χ0v) is 6.41. The number of aromatic nitrogens is 3. The van der Waals surface area contributed by atoms with Crippen LogP contribution in [-0.4, -0.2) is 20.0 Å². The van der Waals surface area contributed by atoms with E-state index in [1.165, 1.54) is 11.5 Å². The number of carbonyl (C=O) groups excluding carboxylic acids is 1. The van der Waals surface area contributed by atoms with Gasteiger partial charge >= 0.3 is 0 Å². The monoisotopic (exact) mass is 167 g/mol. The van der Waals surface area contributed by atoms with Crippen molar-refractivity contribution in [1.29, 1.82) is 0 Å². The molecule has 0 saturated carbocycles. The minimum atomic E-state index is 0.357. The SMILES string of the molecule is O=CCc1nsc2nccn12. The number of fused-ring (bicyclic) bond motifs is 1. The average Bonchev–Trinajstić information content (AvgIpc) is 2.53. The maximum Gasteiger partial charge on any atom is 0.213 e. The smallest absolute Gasteiger partial charge is 0.213 e. The zero-order chi connectivity index (χ0) is 7.68. The number of rotatable bonds is 2. The fourth-order valence-corrected chi connectivity index (χ4v) is 1.61. The van der Waals surface area contributed by atoms with E-state index in [4.69, 9.17) is 0 Å². The van der Waals surface area contributed by atoms with Gasteiger partial charge in [0.05, 0.1) is 6.42 Å². The molecule has 56 valence electrons. The molecule has 2 aromatic rings. The summed E-state index contributed by atoms with van der Waals surface area (Å²) in [6.45, 7) is 0. The number of nitrogens with zero attached hydrogens (tertiary/aromatic N) is 3. The fourth-order valence-electron chi connectivity index (χ4n) is 0.901. The molecule has 0 atom stereocenters. The van der Waals surface area contributed by atoms with Gasteiger partial charge in [-0.2, -0.15) is 4.37 Å². The van der Waals surface area contributed by atoms with Crippen molar-refractivity contribution in [3.05, 3.63) is 18.2 Å². The third kappa shape index (κ3) is 0.932. The second-order valence-corrected chi connectivity index (χ2v) is 2.78. The summed E-state index contributed by atoms with van der Waals surface area (Å²) in [6, 6.07) is 0. The van der Waals surface area contributed by atoms with Gasteiger partial charge < -0.3 is 4.79 Å². The van der Waals surface area contributed by atoms with Crippen molar-refractivity contribution in [2.45, 2.75) is 6.42 Å². The quantitative estimate of drug-likeness (QED) is 0.613. The van der Waals surface area contributed by atoms with E-state index in [0.717, 1.165) is 17.1 Å². The lowest BCUT2D eigenvalue weighted by molar-refractivity contribution is -0.107. The van der Waals surface area contributed by atoms with Gasteiger partial charge in [-0.25, -0.2) is 4.98 Å². The highest BCUT2D eigenvalue weighted by atomic mass is 32.1. The summed E-state index contributed by atoms with van der Waals surface area (Å²) in [5.74, 6) is 0.762. The molecule has 2 heterocycles. The molecule has 2 rings (SSSR count). The lowest BCUT2D eigenvalue weighted by Crippen LogP contribution is -1.92. The Morgan fingerprint density at radius 3 is 3.45 bits per heavy atom. The summed E-state index contributed by atoms with van der Waals surface area (Å²) in [5.41, 5.74) is 0. The van der Waals surface area contributed by atoms with Gasteiger partial charge in [0.2, 0.25) is 4.96 Å². The van der Waals surface area contributed by atoms with Crippen molar-refractivity contribution >= 4 is 22.8 Å². The molecule has 0 fully saturated rings. The Kier molecular flexibility index (Phi) is 1.43. The standard InChI is InChI=1S/C6H5N3OS/c10-4-1-5-8-11-6-7-2-3-9(5)6/h2-4H,1H2. The van der Waals surface area contributed by atoms with Crippen molar-refractivity contribution in [1.82, 2.24) is 13.8 Å². The summed E-state index contributed by atoms with van der Waals surface area (Å²) in [6.07, 6.45) is 4.70. The number of carbonyl (C=O) groups is 1. The molecule has 4 nitrogen and oxygen atoms in total. The van der Waals surface area contributed by atoms with Crippen molar-refractivity contribution in [3.63, 3.8) is 0 Å². The molecule has 0 aliphatic rings. The molecule has 0 bridgehead atoms. The van der Waals surface area contributed by atoms with Crippen LogP contribution in [0.4, 0.5) is 0 Å². The van der Waals surface area contributed by atoms with Gasteiger partial charge in [0.1, 0.15) is 12.1 Å². The molecule has 0 saturated heterocycles. The Hall–Kier alpha value is -1.23. The molecule has 0 amide bonds. The highest BCUT2D eigenvalue weighted by molar-refractivity contribution is 7.11. The second kappa shape index (κ2) is 2.43. The number of aldehydes is 1. The van der Waals surface area contributed by atoms with E-state index >= 15 is 0 Å². The third-order valence-electron chi connectivity index (χ3n) is 1.38. The molecular weight excluding hydrogens is 162 g/mol. The Morgan fingerprint density at radius 1 is 1.73 bits per heavy atom. The van der Waals surface area contributed by atoms with Gasteiger partial charge in [-0.1, -0.05) is 0 Å². The largest absolute Gasteiger partial charge is 0.303 e. The Balaban J connectivity index is 2.59. The van der Waals surface area contributed by atoms with Crippen molar-refractivity contribution in [3.8, 4) is 0 Å². The van der Waals surface area contributed by atoms with E-state index in [1.807, 2.05) is 4.40 Å². The van der Waals surface area contributed by atoms with Gasteiger partial charge in [-0.15, -0.1) is 0 Å². The third-order valence-corrected chi connectivity index (χ3v) is 2.15. The molecule has 0 radical (unpaired) electrons. The predicted molar refractivity (Wildman–Crippen MR) is 40.6 cm³/mol. The van der Waals surface area contributed by atoms with Gasteiger partial charge in [-0.05, 0) is 0 Å². The van der Waals surface area contributed by atoms with E-state index in [2.05, 4.69) is 9.36 Å². The summed E-state index contributed by atoms with van der Waals surface area (Å²) in [4.78, 5) is 15.0. The maximum atomic E-state index is 10.2. The van der Waals surface area contributed by atoms with Crippen molar-refractivity contribution in [2.24, 2.45) is 0 Å². The minimum Gasteiger partial charge on any atom is -0.303 e. The number of imidazole rings is 1. The molecule has 0 aliphatic heterocycles. The van der Waals surface area contributed by atoms with Crippen LogP contribution < -0.4 is 0 Å². The first-order valence-corrected chi connectivity index (χ1v) is 3.90. The summed E-state index contributed by atoms with van der Waals surface area (Å²) in [5, 5.41) is 0. The van der Waals surface area contributed by atoms with Crippen LogP contribution >= 0.6 is 11.5 Å². The van der Waals surface area contributed by atoms with Crippen LogP contribution in [-0.2, 0) is 11.2 Å². The normalized spacial score (nSPS) is 10.5. The van der Waals surface area contributed by atoms with Crippen LogP contribution in [0.3, 0.4) is 0 Å². The minimum absolute atomic E-state index is 0.357. The molecule has 5 heteroatoms. The van der Waals surface area contributed by atoms with Crippen LogP contribution in [0.1, 0.15) is 5.82 Å². The maximum absolute atomic E-state index is 10.2. The van der Waals surface area contributed by atoms with Gasteiger partial charge in [0.15, 0.2) is 0 Å². The van der Waals surface area contributed by atoms with Gasteiger partial charge in [-0.3, -0.25) is 4.40 Å². The summed E-state index contributed by atoms with van der Waals surface area (Å²) in [7, 11) is 0. The molecule has 11 heavy (non-hydrogen) atoms. The Morgan fingerprint density at radius 2 is 2.64 bits per heavy atom. The van der Waals surface area contributed by atoms with Crippen LogP contribution in [0.15, 0.2) is 12.4 Å². The van der Waals surface area contributed by atoms with E-state index in [-0.39, 0.29) is 0 Å². The van der Waals surface area contributed by atoms with Crippen molar-refractivity contribution < 1.29 is 4.79 Å². The highest BCUT2D eigenvalue weighted by Crippen LogP contribution is 2.09. The first-order valence-electron chi connectivity index (χ1n) is 3.13. The Bertz CT molecular complexity index is 378. The number of hydrogen-bond acceptors (Lipinski definition) is 4. The van der Waals surface area contributed by atoms with E-state index in [1.54, 1.807) is 12.4 Å². The first-order chi connectivity index (χ1) is 5.42. The molecule has 0 N–H and O–H groups in total. The number of hydrogen-bond donors (Lipinski definition) is 0. The van der Waals surface area contributed by atoms with E-state index < -0.39 is 0 Å². The van der Waals surface area contributed by atoms with E-state index in [9.17, 15) is 4.79 Å². The second-order valence-electron chi connectivity index (χ2n) is 2.05. The van der Waals surface area contributed by atoms with Crippen LogP contribution in [0, 0.1) is 0 Å². The topological polar surface area (TPSA) is 47.3 Å². The zero-order valence-electron chi connectivity index (χ0n) is 5.60. The summed E-state index contributed by atoms with van der Waals surface area (Å²) < 4.78 is 5.87. The average molecular weight is 167 g/mol. The highest BCUT2D eigenvalue weighted by Gasteiger charge is 2.03. The first kappa shape index (κ1) is 6.48. The molecule has 0 spiro atoms. The van der Waals surface area contributed by atoms with Crippen LogP contribution in [0.2, 0.25) is 0 Å². The summed E-state index contributed by atoms with van der Waals surface area (Å²) >= 11 is 1.30. The van der Waals surface area contributed by atoms with Crippen LogP contribution in [0.5, 0.6) is 0 Å². The van der Waals surface area contributed by atoms with Crippen molar-refractivity contribution in [2.75, 3.05) is 0 Å². The molecule has 0 aromatic carbocycles. The fraction of sp³-hybridized carbons (Fsp3) is 0.167. The lowest BCUT2D eigenvalue weighted by Gasteiger charge is -1.85. The molecule has 2 aromatic heterocycles. The Labute approximate surface area is 66.7 Å². The molecule has 0 aliphatic carbocycles. The van der Waals surface area contributed by atoms with Gasteiger partial charge in [0.25, 0.3) is 0 Å². The van der Waals surface area contributed by atoms with Gasteiger partial charge in [0, 0.05) is 23.9 Å². The molecular formula is C6H5N3OS.